The average Bonchev–Trinajstić information content (AvgIpc) is 2.59. The lowest BCUT2D eigenvalue weighted by Gasteiger charge is -2.35. The Kier molecular flexibility index (Phi) is 5.89. The number of likely N-dealkylation sites (tertiary alicyclic amines) is 1. The van der Waals surface area contributed by atoms with Crippen LogP contribution in [0.2, 0.25) is 0 Å². The molecule has 6 nitrogen and oxygen atoms in total. The van der Waals surface area contributed by atoms with E-state index in [-0.39, 0.29) is 0 Å². The maximum atomic E-state index is 12.5. The molecule has 0 aromatic carbocycles. The van der Waals surface area contributed by atoms with Crippen LogP contribution in [0.1, 0.15) is 37.1 Å². The van der Waals surface area contributed by atoms with Gasteiger partial charge in [0.2, 0.25) is 11.9 Å². The molecule has 0 N–H and O–H groups in total. The number of hydrogen-bond donors (Lipinski definition) is 0. The van der Waals surface area contributed by atoms with Crippen LogP contribution in [0, 0.1) is 19.8 Å². The molecule has 1 aromatic heterocycles. The summed E-state index contributed by atoms with van der Waals surface area (Å²) in [4.78, 5) is 28.2. The van der Waals surface area contributed by atoms with E-state index in [2.05, 4.69) is 26.8 Å². The summed E-state index contributed by atoms with van der Waals surface area (Å²) in [7, 11) is 2.18. The number of rotatable bonds is 4. The van der Waals surface area contributed by atoms with Crippen LogP contribution >= 0.6 is 0 Å². The van der Waals surface area contributed by atoms with Crippen LogP contribution in [-0.4, -0.2) is 72.0 Å². The molecule has 0 aliphatic carbocycles. The van der Waals surface area contributed by atoms with Gasteiger partial charge < -0.3 is 14.7 Å². The number of carbonyl (C=O) groups is 1. The molecular weight excluding hydrogens is 314 g/mol. The number of piperidine rings is 1. The number of nitrogens with zero attached hydrogens (tertiary/aromatic N) is 5. The monoisotopic (exact) mass is 345 g/mol. The molecule has 1 aromatic rings. The van der Waals surface area contributed by atoms with Gasteiger partial charge >= 0.3 is 0 Å². The number of piperazine rings is 1. The van der Waals surface area contributed by atoms with Gasteiger partial charge in [-0.2, -0.15) is 0 Å². The van der Waals surface area contributed by atoms with E-state index in [0.29, 0.717) is 18.2 Å². The van der Waals surface area contributed by atoms with E-state index in [0.717, 1.165) is 56.5 Å². The summed E-state index contributed by atoms with van der Waals surface area (Å²) >= 11 is 0. The molecule has 0 bridgehead atoms. The van der Waals surface area contributed by atoms with Gasteiger partial charge in [-0.15, -0.1) is 0 Å². The third-order valence-corrected chi connectivity index (χ3v) is 5.37. The Balaban J connectivity index is 1.46. The zero-order chi connectivity index (χ0) is 17.8. The van der Waals surface area contributed by atoms with E-state index in [1.807, 2.05) is 24.8 Å². The minimum absolute atomic E-state index is 0.314. The highest BCUT2D eigenvalue weighted by molar-refractivity contribution is 5.76. The summed E-state index contributed by atoms with van der Waals surface area (Å²) in [5.74, 6) is 1.80. The Morgan fingerprint density at radius 2 is 1.80 bits per heavy atom. The molecule has 1 amide bonds. The normalized spacial score (nSPS) is 22.3. The average molecular weight is 345 g/mol. The molecule has 0 unspecified atom stereocenters. The van der Waals surface area contributed by atoms with Crippen molar-refractivity contribution in [3.05, 3.63) is 17.5 Å². The summed E-state index contributed by atoms with van der Waals surface area (Å²) in [5, 5.41) is 0. The fraction of sp³-hybridized carbons (Fsp3) is 0.737. The second-order valence-electron chi connectivity index (χ2n) is 7.63. The van der Waals surface area contributed by atoms with E-state index in [4.69, 9.17) is 0 Å². The highest BCUT2D eigenvalue weighted by atomic mass is 16.2. The van der Waals surface area contributed by atoms with Gasteiger partial charge in [0, 0.05) is 50.5 Å². The van der Waals surface area contributed by atoms with Crippen molar-refractivity contribution in [3.8, 4) is 0 Å². The first kappa shape index (κ1) is 18.1. The van der Waals surface area contributed by atoms with Crippen molar-refractivity contribution in [2.24, 2.45) is 5.92 Å². The third kappa shape index (κ3) is 4.91. The number of anilines is 1. The van der Waals surface area contributed by atoms with E-state index in [9.17, 15) is 4.79 Å². The summed E-state index contributed by atoms with van der Waals surface area (Å²) in [5.41, 5.74) is 2.00. The molecule has 25 heavy (non-hydrogen) atoms. The zero-order valence-electron chi connectivity index (χ0n) is 15.9. The van der Waals surface area contributed by atoms with Crippen LogP contribution in [0.25, 0.3) is 0 Å². The van der Waals surface area contributed by atoms with Crippen molar-refractivity contribution < 1.29 is 4.79 Å². The van der Waals surface area contributed by atoms with Crippen molar-refractivity contribution in [3.63, 3.8) is 0 Å². The van der Waals surface area contributed by atoms with Crippen molar-refractivity contribution in [2.45, 2.75) is 39.5 Å². The quantitative estimate of drug-likeness (QED) is 0.834. The van der Waals surface area contributed by atoms with Gasteiger partial charge in [-0.3, -0.25) is 4.79 Å². The Hall–Kier alpha value is -1.69. The Labute approximate surface area is 151 Å². The van der Waals surface area contributed by atoms with Gasteiger partial charge in [-0.25, -0.2) is 9.97 Å². The maximum absolute atomic E-state index is 12.5. The molecule has 0 radical (unpaired) electrons. The summed E-state index contributed by atoms with van der Waals surface area (Å²) in [6, 6.07) is 1.99. The second kappa shape index (κ2) is 8.13. The van der Waals surface area contributed by atoms with Crippen molar-refractivity contribution in [1.82, 2.24) is 19.8 Å². The largest absolute Gasteiger partial charge is 0.339 e. The predicted octanol–water partition coefficient (Wildman–Crippen LogP) is 1.86. The zero-order valence-corrected chi connectivity index (χ0v) is 15.9. The Morgan fingerprint density at radius 1 is 1.12 bits per heavy atom. The minimum atomic E-state index is 0.314. The fourth-order valence-corrected chi connectivity index (χ4v) is 4.00. The van der Waals surface area contributed by atoms with E-state index < -0.39 is 0 Å². The number of carbonyl (C=O) groups excluding carboxylic acids is 1. The van der Waals surface area contributed by atoms with Crippen LogP contribution in [0.3, 0.4) is 0 Å². The van der Waals surface area contributed by atoms with Gasteiger partial charge in [-0.05, 0) is 58.7 Å². The molecule has 1 atom stereocenters. The molecule has 2 fully saturated rings. The smallest absolute Gasteiger partial charge is 0.225 e. The van der Waals surface area contributed by atoms with Crippen molar-refractivity contribution in [2.75, 3.05) is 51.2 Å². The number of amides is 1. The van der Waals surface area contributed by atoms with Crippen molar-refractivity contribution in [1.29, 1.82) is 0 Å². The SMILES string of the molecule is Cc1cc(C)nc(N2CCN(C(=O)CC[C@@H]3CCCN(C)C3)CC2)n1. The Bertz CT molecular complexity index is 577. The van der Waals surface area contributed by atoms with Crippen LogP contribution in [-0.2, 0) is 4.79 Å². The Morgan fingerprint density at radius 3 is 2.44 bits per heavy atom. The van der Waals surface area contributed by atoms with Crippen LogP contribution in [0.5, 0.6) is 0 Å². The van der Waals surface area contributed by atoms with Crippen LogP contribution < -0.4 is 4.90 Å². The van der Waals surface area contributed by atoms with Gasteiger partial charge in [0.25, 0.3) is 0 Å². The summed E-state index contributed by atoms with van der Waals surface area (Å²) in [6.45, 7) is 9.54. The summed E-state index contributed by atoms with van der Waals surface area (Å²) in [6.07, 6.45) is 4.27. The van der Waals surface area contributed by atoms with Gasteiger partial charge in [0.05, 0.1) is 0 Å². The van der Waals surface area contributed by atoms with Gasteiger partial charge in [-0.1, -0.05) is 0 Å². The number of aromatic nitrogens is 2. The fourth-order valence-electron chi connectivity index (χ4n) is 4.00. The molecular formula is C19H31N5O. The standard InChI is InChI=1S/C19H31N5O/c1-15-13-16(2)21-19(20-15)24-11-9-23(10-12-24)18(25)7-6-17-5-4-8-22(3)14-17/h13,17H,4-12,14H2,1-3H3/t17-/m0/s1. The molecule has 2 saturated heterocycles. The first-order valence-electron chi connectivity index (χ1n) is 9.55. The van der Waals surface area contributed by atoms with Crippen LogP contribution in [0.15, 0.2) is 6.07 Å². The predicted molar refractivity (Wildman–Crippen MR) is 99.8 cm³/mol. The molecule has 3 heterocycles. The number of aryl methyl sites for hydroxylation is 2. The lowest BCUT2D eigenvalue weighted by molar-refractivity contribution is -0.131. The highest BCUT2D eigenvalue weighted by Crippen LogP contribution is 2.21. The van der Waals surface area contributed by atoms with Gasteiger partial charge in [0.1, 0.15) is 0 Å². The third-order valence-electron chi connectivity index (χ3n) is 5.37. The van der Waals surface area contributed by atoms with Crippen LogP contribution in [0.4, 0.5) is 5.95 Å². The molecule has 3 rings (SSSR count). The van der Waals surface area contributed by atoms with E-state index in [1.54, 1.807) is 0 Å². The molecule has 138 valence electrons. The van der Waals surface area contributed by atoms with Crippen molar-refractivity contribution >= 4 is 11.9 Å². The highest BCUT2D eigenvalue weighted by Gasteiger charge is 2.24. The maximum Gasteiger partial charge on any atom is 0.225 e. The lowest BCUT2D eigenvalue weighted by atomic mass is 9.93. The first-order chi connectivity index (χ1) is 12.0. The molecule has 0 spiro atoms. The molecule has 0 saturated carbocycles. The number of hydrogen-bond acceptors (Lipinski definition) is 5. The van der Waals surface area contributed by atoms with Gasteiger partial charge in [0.15, 0.2) is 0 Å². The van der Waals surface area contributed by atoms with E-state index >= 15 is 0 Å². The second-order valence-corrected chi connectivity index (χ2v) is 7.63. The summed E-state index contributed by atoms with van der Waals surface area (Å²) < 4.78 is 0. The first-order valence-corrected chi connectivity index (χ1v) is 9.55. The minimum Gasteiger partial charge on any atom is -0.339 e. The van der Waals surface area contributed by atoms with E-state index in [1.165, 1.54) is 19.4 Å². The molecule has 6 heteroatoms. The molecule has 2 aliphatic rings. The topological polar surface area (TPSA) is 52.6 Å². The lowest BCUT2D eigenvalue weighted by Crippen LogP contribution is -2.49. The molecule has 2 aliphatic heterocycles.